The van der Waals surface area contributed by atoms with Crippen molar-refractivity contribution in [1.82, 2.24) is 10.2 Å². The molecule has 3 rings (SSSR count). The van der Waals surface area contributed by atoms with Crippen molar-refractivity contribution in [3.05, 3.63) is 89.6 Å². The predicted molar refractivity (Wildman–Crippen MR) is 116 cm³/mol. The topological polar surface area (TPSA) is 98.1 Å². The number of benzene rings is 2. The molecule has 172 valence electrons. The lowest BCUT2D eigenvalue weighted by Crippen LogP contribution is -2.37. The van der Waals surface area contributed by atoms with Crippen molar-refractivity contribution in [2.24, 2.45) is 0 Å². The zero-order valence-electron chi connectivity index (χ0n) is 18.1. The van der Waals surface area contributed by atoms with Crippen LogP contribution in [0.25, 0.3) is 0 Å². The molecule has 9 heteroatoms. The van der Waals surface area contributed by atoms with Crippen LogP contribution in [0.3, 0.4) is 0 Å². The summed E-state index contributed by atoms with van der Waals surface area (Å²) in [6, 6.07) is 14.7. The van der Waals surface area contributed by atoms with Crippen molar-refractivity contribution < 1.29 is 32.7 Å². The second-order valence-electron chi connectivity index (χ2n) is 7.12. The molecule has 2 amide bonds. The van der Waals surface area contributed by atoms with Gasteiger partial charge < -0.3 is 24.1 Å². The molecule has 33 heavy (non-hydrogen) atoms. The first-order chi connectivity index (χ1) is 15.9. The fraction of sp³-hybridized carbons (Fsp3) is 0.208. The van der Waals surface area contributed by atoms with E-state index in [9.17, 15) is 18.8 Å². The first kappa shape index (κ1) is 23.5. The highest BCUT2D eigenvalue weighted by Gasteiger charge is 2.26. The maximum absolute atomic E-state index is 13.9. The Morgan fingerprint density at radius 2 is 1.85 bits per heavy atom. The van der Waals surface area contributed by atoms with Gasteiger partial charge in [0, 0.05) is 13.6 Å². The number of methoxy groups -OCH3 is 1. The Morgan fingerprint density at radius 1 is 1.09 bits per heavy atom. The van der Waals surface area contributed by atoms with Crippen molar-refractivity contribution >= 4 is 17.8 Å². The lowest BCUT2D eigenvalue weighted by molar-refractivity contribution is -0.153. The monoisotopic (exact) mass is 454 g/mol. The van der Waals surface area contributed by atoms with E-state index < -0.39 is 36.2 Å². The standard InChI is InChI=1S/C24H23FN2O6/c1-27(14-16-10-11-19(31-2)18(25)13-16)21(28)15-33-24(30)22(17-7-4-3-5-8-17)26-23(29)20-9-6-12-32-20/h3-13,22H,14-15H2,1-2H3,(H,26,29). The number of nitrogens with one attached hydrogen (secondary N) is 1. The Morgan fingerprint density at radius 3 is 2.48 bits per heavy atom. The van der Waals surface area contributed by atoms with E-state index in [2.05, 4.69) is 5.32 Å². The van der Waals surface area contributed by atoms with Gasteiger partial charge in [0.25, 0.3) is 11.8 Å². The van der Waals surface area contributed by atoms with Crippen LogP contribution in [0.15, 0.2) is 71.3 Å². The summed E-state index contributed by atoms with van der Waals surface area (Å²) in [6.07, 6.45) is 1.34. The summed E-state index contributed by atoms with van der Waals surface area (Å²) < 4.78 is 29.0. The highest BCUT2D eigenvalue weighted by molar-refractivity contribution is 5.95. The van der Waals surface area contributed by atoms with E-state index in [0.717, 1.165) is 0 Å². The van der Waals surface area contributed by atoms with Crippen molar-refractivity contribution in [3.8, 4) is 5.75 Å². The van der Waals surface area contributed by atoms with Gasteiger partial charge in [-0.1, -0.05) is 36.4 Å². The Kier molecular flexibility index (Phi) is 7.80. The molecule has 1 unspecified atom stereocenters. The largest absolute Gasteiger partial charge is 0.494 e. The van der Waals surface area contributed by atoms with Crippen LogP contribution in [-0.4, -0.2) is 43.4 Å². The molecule has 1 N–H and O–H groups in total. The van der Waals surface area contributed by atoms with Crippen LogP contribution in [0.2, 0.25) is 0 Å². The van der Waals surface area contributed by atoms with Gasteiger partial charge in [-0.05, 0) is 35.4 Å². The first-order valence-corrected chi connectivity index (χ1v) is 10.0. The average molecular weight is 454 g/mol. The van der Waals surface area contributed by atoms with Crippen LogP contribution in [0, 0.1) is 5.82 Å². The molecule has 1 aromatic heterocycles. The van der Waals surface area contributed by atoms with Crippen LogP contribution in [-0.2, 0) is 20.9 Å². The number of hydrogen-bond acceptors (Lipinski definition) is 6. The van der Waals surface area contributed by atoms with E-state index in [-0.39, 0.29) is 18.1 Å². The number of amides is 2. The molecule has 0 fully saturated rings. The Labute approximate surface area is 189 Å². The van der Waals surface area contributed by atoms with E-state index in [1.54, 1.807) is 42.5 Å². The number of likely N-dealkylation sites (N-methyl/N-ethyl adjacent to an activating group) is 1. The van der Waals surface area contributed by atoms with E-state index >= 15 is 0 Å². The van der Waals surface area contributed by atoms with Gasteiger partial charge in [0.1, 0.15) is 0 Å². The third kappa shape index (κ3) is 6.19. The van der Waals surface area contributed by atoms with E-state index in [0.29, 0.717) is 11.1 Å². The number of carbonyl (C=O) groups excluding carboxylic acids is 3. The number of carbonyl (C=O) groups is 3. The number of esters is 1. The third-order valence-electron chi connectivity index (χ3n) is 4.79. The maximum atomic E-state index is 13.9. The molecule has 2 aromatic carbocycles. The summed E-state index contributed by atoms with van der Waals surface area (Å²) in [5, 5.41) is 2.56. The average Bonchev–Trinajstić information content (AvgIpc) is 3.36. The van der Waals surface area contributed by atoms with E-state index in [4.69, 9.17) is 13.9 Å². The van der Waals surface area contributed by atoms with Crippen molar-refractivity contribution in [3.63, 3.8) is 0 Å². The lowest BCUT2D eigenvalue weighted by atomic mass is 10.1. The minimum absolute atomic E-state index is 0.0336. The van der Waals surface area contributed by atoms with E-state index in [1.807, 2.05) is 0 Å². The number of rotatable bonds is 9. The molecule has 1 heterocycles. The highest BCUT2D eigenvalue weighted by atomic mass is 19.1. The fourth-order valence-corrected chi connectivity index (χ4v) is 3.03. The smallest absolute Gasteiger partial charge is 0.333 e. The number of furan rings is 1. The van der Waals surface area contributed by atoms with Crippen LogP contribution in [0.1, 0.15) is 27.7 Å². The minimum Gasteiger partial charge on any atom is -0.494 e. The molecule has 0 aliphatic carbocycles. The van der Waals surface area contributed by atoms with Gasteiger partial charge in [-0.2, -0.15) is 0 Å². The molecule has 8 nitrogen and oxygen atoms in total. The van der Waals surface area contributed by atoms with Gasteiger partial charge >= 0.3 is 5.97 Å². The van der Waals surface area contributed by atoms with Crippen molar-refractivity contribution in [2.45, 2.75) is 12.6 Å². The molecular weight excluding hydrogens is 431 g/mol. The Hall–Kier alpha value is -4.14. The number of hydrogen-bond donors (Lipinski definition) is 1. The second-order valence-corrected chi connectivity index (χ2v) is 7.12. The Bertz CT molecular complexity index is 1100. The molecular formula is C24H23FN2O6. The summed E-state index contributed by atoms with van der Waals surface area (Å²) in [5.41, 5.74) is 1.03. The van der Waals surface area contributed by atoms with Gasteiger partial charge in [0.05, 0.1) is 13.4 Å². The van der Waals surface area contributed by atoms with Crippen molar-refractivity contribution in [1.29, 1.82) is 0 Å². The van der Waals surface area contributed by atoms with Gasteiger partial charge in [-0.25, -0.2) is 9.18 Å². The first-order valence-electron chi connectivity index (χ1n) is 10.0. The maximum Gasteiger partial charge on any atom is 0.333 e. The molecule has 1 atom stereocenters. The third-order valence-corrected chi connectivity index (χ3v) is 4.79. The summed E-state index contributed by atoms with van der Waals surface area (Å²) in [7, 11) is 2.87. The number of ether oxygens (including phenoxy) is 2. The minimum atomic E-state index is -1.14. The number of halogens is 1. The summed E-state index contributed by atoms with van der Waals surface area (Å²) >= 11 is 0. The molecule has 3 aromatic rings. The summed E-state index contributed by atoms with van der Waals surface area (Å²) in [4.78, 5) is 38.9. The fourth-order valence-electron chi connectivity index (χ4n) is 3.03. The summed E-state index contributed by atoms with van der Waals surface area (Å²) in [5.74, 6) is -2.31. The van der Waals surface area contributed by atoms with Gasteiger partial charge in [0.15, 0.2) is 30.0 Å². The zero-order valence-corrected chi connectivity index (χ0v) is 18.1. The Balaban J connectivity index is 1.62. The van der Waals surface area contributed by atoms with Crippen LogP contribution in [0.5, 0.6) is 5.75 Å². The molecule has 0 saturated heterocycles. The molecule has 0 bridgehead atoms. The molecule has 0 saturated carbocycles. The van der Waals surface area contributed by atoms with Gasteiger partial charge in [0.2, 0.25) is 0 Å². The highest BCUT2D eigenvalue weighted by Crippen LogP contribution is 2.19. The van der Waals surface area contributed by atoms with E-state index in [1.165, 1.54) is 43.5 Å². The zero-order chi connectivity index (χ0) is 23.8. The quantitative estimate of drug-likeness (QED) is 0.499. The van der Waals surface area contributed by atoms with Gasteiger partial charge in [-0.15, -0.1) is 0 Å². The van der Waals surface area contributed by atoms with Crippen LogP contribution >= 0.6 is 0 Å². The SMILES string of the molecule is COc1ccc(CN(C)C(=O)COC(=O)C(NC(=O)c2ccco2)c2ccccc2)cc1F. The lowest BCUT2D eigenvalue weighted by Gasteiger charge is -2.20. The molecule has 0 radical (unpaired) electrons. The van der Waals surface area contributed by atoms with Gasteiger partial charge in [-0.3, -0.25) is 9.59 Å². The van der Waals surface area contributed by atoms with Crippen molar-refractivity contribution in [2.75, 3.05) is 20.8 Å². The second kappa shape index (κ2) is 10.9. The number of nitrogens with zero attached hydrogens (tertiary/aromatic N) is 1. The predicted octanol–water partition coefficient (Wildman–Crippen LogP) is 3.10. The normalized spacial score (nSPS) is 11.4. The molecule has 0 aliphatic heterocycles. The molecule has 0 aliphatic rings. The molecule has 0 spiro atoms. The van der Waals surface area contributed by atoms with Crippen LogP contribution < -0.4 is 10.1 Å². The summed E-state index contributed by atoms with van der Waals surface area (Å²) in [6.45, 7) is -0.442. The van der Waals surface area contributed by atoms with Crippen LogP contribution in [0.4, 0.5) is 4.39 Å².